The van der Waals surface area contributed by atoms with E-state index in [9.17, 15) is 9.59 Å². The van der Waals surface area contributed by atoms with Crippen LogP contribution in [-0.2, 0) is 4.79 Å². The summed E-state index contributed by atoms with van der Waals surface area (Å²) >= 11 is 0. The van der Waals surface area contributed by atoms with Crippen molar-refractivity contribution in [3.63, 3.8) is 0 Å². The van der Waals surface area contributed by atoms with Gasteiger partial charge in [-0.25, -0.2) is 0 Å². The maximum atomic E-state index is 11.2. The van der Waals surface area contributed by atoms with Crippen LogP contribution in [0.3, 0.4) is 0 Å². The van der Waals surface area contributed by atoms with Crippen LogP contribution in [-0.4, -0.2) is 17.9 Å². The summed E-state index contributed by atoms with van der Waals surface area (Å²) in [6, 6.07) is 8.99. The summed E-state index contributed by atoms with van der Waals surface area (Å²) in [4.78, 5) is 23.7. The van der Waals surface area contributed by atoms with E-state index in [1.807, 2.05) is 24.3 Å². The van der Waals surface area contributed by atoms with E-state index in [4.69, 9.17) is 0 Å². The van der Waals surface area contributed by atoms with Crippen molar-refractivity contribution in [2.75, 3.05) is 6.54 Å². The van der Waals surface area contributed by atoms with E-state index >= 15 is 0 Å². The lowest BCUT2D eigenvalue weighted by Crippen LogP contribution is -2.11. The zero-order valence-electron chi connectivity index (χ0n) is 10.5. The molecular formula is C14H18N2O2. The first kappa shape index (κ1) is 14.0. The van der Waals surface area contributed by atoms with E-state index in [1.54, 1.807) is 6.20 Å². The Morgan fingerprint density at radius 1 is 1.28 bits per heavy atom. The van der Waals surface area contributed by atoms with Crippen LogP contribution >= 0.6 is 0 Å². The minimum atomic E-state index is 0.0688. The highest BCUT2D eigenvalue weighted by Crippen LogP contribution is 2.03. The fourth-order valence-electron chi connectivity index (χ4n) is 1.46. The van der Waals surface area contributed by atoms with E-state index < -0.39 is 0 Å². The van der Waals surface area contributed by atoms with Crippen LogP contribution < -0.4 is 10.7 Å². The molecule has 18 heavy (non-hydrogen) atoms. The molecule has 1 heterocycles. The lowest BCUT2D eigenvalue weighted by molar-refractivity contribution is -0.109. The lowest BCUT2D eigenvalue weighted by atomic mass is 10.2. The maximum Gasteiger partial charge on any atom is 0.207 e. The normalized spacial score (nSPS) is 9.39. The largest absolute Gasteiger partial charge is 0.361 e. The van der Waals surface area contributed by atoms with Crippen molar-refractivity contribution in [1.82, 2.24) is 10.3 Å². The van der Waals surface area contributed by atoms with Crippen molar-refractivity contribution in [2.24, 2.45) is 0 Å². The Labute approximate surface area is 106 Å². The second kappa shape index (κ2) is 8.06. The molecule has 1 aromatic carbocycles. The highest BCUT2D eigenvalue weighted by atomic mass is 16.1. The molecule has 96 valence electrons. The number of aromatic amines is 1. The lowest BCUT2D eigenvalue weighted by Gasteiger charge is -1.92. The van der Waals surface area contributed by atoms with Gasteiger partial charge in [0, 0.05) is 29.7 Å². The van der Waals surface area contributed by atoms with Gasteiger partial charge in [-0.2, -0.15) is 0 Å². The van der Waals surface area contributed by atoms with Crippen molar-refractivity contribution >= 4 is 17.3 Å². The van der Waals surface area contributed by atoms with Gasteiger partial charge in [-0.05, 0) is 18.6 Å². The van der Waals surface area contributed by atoms with Crippen molar-refractivity contribution < 1.29 is 4.79 Å². The van der Waals surface area contributed by atoms with Gasteiger partial charge >= 0.3 is 0 Å². The topological polar surface area (TPSA) is 62.0 Å². The number of nitrogens with one attached hydrogen (secondary N) is 2. The van der Waals surface area contributed by atoms with Crippen LogP contribution in [0.15, 0.2) is 41.3 Å². The molecule has 0 spiro atoms. The number of hydrogen-bond donors (Lipinski definition) is 2. The predicted molar refractivity (Wildman–Crippen MR) is 73.5 cm³/mol. The van der Waals surface area contributed by atoms with Gasteiger partial charge in [0.1, 0.15) is 0 Å². The molecule has 0 saturated heterocycles. The zero-order valence-corrected chi connectivity index (χ0v) is 10.5. The van der Waals surface area contributed by atoms with Crippen molar-refractivity contribution in [3.8, 4) is 0 Å². The SMILES string of the molecule is CCCCNC=O.O=c1cc[nH]c2ccccc12. The molecule has 0 aliphatic rings. The third kappa shape index (κ3) is 4.41. The fraction of sp³-hybridized carbons (Fsp3) is 0.286. The maximum absolute atomic E-state index is 11.2. The molecule has 0 unspecified atom stereocenters. The molecule has 4 nitrogen and oxygen atoms in total. The fourth-order valence-corrected chi connectivity index (χ4v) is 1.46. The number of benzene rings is 1. The Morgan fingerprint density at radius 2 is 2.06 bits per heavy atom. The number of hydrogen-bond acceptors (Lipinski definition) is 2. The molecule has 0 radical (unpaired) electrons. The van der Waals surface area contributed by atoms with Gasteiger partial charge in [-0.15, -0.1) is 0 Å². The predicted octanol–water partition coefficient (Wildman–Crippen LogP) is 2.06. The van der Waals surface area contributed by atoms with Gasteiger partial charge in [0.2, 0.25) is 6.41 Å². The first-order valence-corrected chi connectivity index (χ1v) is 6.03. The van der Waals surface area contributed by atoms with Gasteiger partial charge in [-0.1, -0.05) is 25.5 Å². The minimum absolute atomic E-state index is 0.0688. The molecule has 0 aliphatic carbocycles. The second-order valence-electron chi connectivity index (χ2n) is 3.81. The number of unbranched alkanes of at least 4 members (excludes halogenated alkanes) is 1. The molecule has 1 amide bonds. The number of carbonyl (C=O) groups excluding carboxylic acids is 1. The molecule has 1 aromatic heterocycles. The average Bonchev–Trinajstić information content (AvgIpc) is 2.41. The Bertz CT molecular complexity index is 529. The van der Waals surface area contributed by atoms with Gasteiger partial charge in [0.05, 0.1) is 0 Å². The van der Waals surface area contributed by atoms with Crippen LogP contribution in [0.4, 0.5) is 0 Å². The third-order valence-electron chi connectivity index (χ3n) is 2.42. The molecule has 0 bridgehead atoms. The molecule has 0 atom stereocenters. The van der Waals surface area contributed by atoms with E-state index in [2.05, 4.69) is 17.2 Å². The summed E-state index contributed by atoms with van der Waals surface area (Å²) in [5.74, 6) is 0. The Morgan fingerprint density at radius 3 is 2.72 bits per heavy atom. The van der Waals surface area contributed by atoms with Crippen LogP contribution in [0.5, 0.6) is 0 Å². The average molecular weight is 246 g/mol. The monoisotopic (exact) mass is 246 g/mol. The van der Waals surface area contributed by atoms with Gasteiger partial charge < -0.3 is 10.3 Å². The highest BCUT2D eigenvalue weighted by molar-refractivity contribution is 5.77. The molecular weight excluding hydrogens is 228 g/mol. The number of fused-ring (bicyclic) bond motifs is 1. The number of para-hydroxylation sites is 1. The molecule has 0 fully saturated rings. The number of aromatic nitrogens is 1. The Balaban J connectivity index is 0.000000203. The summed E-state index contributed by atoms with van der Waals surface area (Å²) in [7, 11) is 0. The molecule has 0 aliphatic heterocycles. The summed E-state index contributed by atoms with van der Waals surface area (Å²) < 4.78 is 0. The number of amides is 1. The number of carbonyl (C=O) groups is 1. The van der Waals surface area contributed by atoms with Gasteiger partial charge in [0.25, 0.3) is 0 Å². The second-order valence-corrected chi connectivity index (χ2v) is 3.81. The van der Waals surface area contributed by atoms with Gasteiger partial charge in [-0.3, -0.25) is 9.59 Å². The standard InChI is InChI=1S/C9H7NO.C5H11NO/c11-9-5-6-10-8-4-2-1-3-7(8)9;1-2-3-4-6-5-7/h1-6H,(H,10,11);5H,2-4H2,1H3,(H,6,7). The third-order valence-corrected chi connectivity index (χ3v) is 2.42. The van der Waals surface area contributed by atoms with Crippen molar-refractivity contribution in [2.45, 2.75) is 19.8 Å². The highest BCUT2D eigenvalue weighted by Gasteiger charge is 1.92. The first-order valence-electron chi connectivity index (χ1n) is 6.03. The molecule has 2 rings (SSSR count). The minimum Gasteiger partial charge on any atom is -0.361 e. The van der Waals surface area contributed by atoms with E-state index in [1.165, 1.54) is 6.07 Å². The Hall–Kier alpha value is -2.10. The smallest absolute Gasteiger partial charge is 0.207 e. The summed E-state index contributed by atoms with van der Waals surface area (Å²) in [5, 5.41) is 3.31. The number of pyridine rings is 1. The Kier molecular flexibility index (Phi) is 6.25. The molecule has 0 saturated carbocycles. The number of H-pyrrole nitrogens is 1. The quantitative estimate of drug-likeness (QED) is 0.640. The molecule has 2 aromatic rings. The van der Waals surface area contributed by atoms with E-state index in [0.717, 1.165) is 36.7 Å². The number of rotatable bonds is 4. The summed E-state index contributed by atoms with van der Waals surface area (Å²) in [6.07, 6.45) is 4.61. The van der Waals surface area contributed by atoms with E-state index in [-0.39, 0.29) is 5.43 Å². The first-order chi connectivity index (χ1) is 8.79. The molecule has 2 N–H and O–H groups in total. The van der Waals surface area contributed by atoms with E-state index in [0.29, 0.717) is 0 Å². The van der Waals surface area contributed by atoms with Crippen LogP contribution in [0.25, 0.3) is 10.9 Å². The van der Waals surface area contributed by atoms with Crippen molar-refractivity contribution in [1.29, 1.82) is 0 Å². The van der Waals surface area contributed by atoms with Crippen molar-refractivity contribution in [3.05, 3.63) is 46.8 Å². The summed E-state index contributed by atoms with van der Waals surface area (Å²) in [5.41, 5.74) is 0.958. The zero-order chi connectivity index (χ0) is 13.2. The van der Waals surface area contributed by atoms with Crippen LogP contribution in [0.1, 0.15) is 19.8 Å². The van der Waals surface area contributed by atoms with Gasteiger partial charge in [0.15, 0.2) is 5.43 Å². The van der Waals surface area contributed by atoms with Crippen LogP contribution in [0.2, 0.25) is 0 Å². The summed E-state index contributed by atoms with van der Waals surface area (Å²) in [6.45, 7) is 2.91. The molecule has 4 heteroatoms. The van der Waals surface area contributed by atoms with Crippen LogP contribution in [0, 0.1) is 0 Å².